The molecule has 2 heterocycles. The molecule has 1 aromatic carbocycles. The summed E-state index contributed by atoms with van der Waals surface area (Å²) in [4.78, 5) is 42.2. The second kappa shape index (κ2) is 9.82. The summed E-state index contributed by atoms with van der Waals surface area (Å²) in [5, 5.41) is 3.14. The molecule has 8 nitrogen and oxygen atoms in total. The highest BCUT2D eigenvalue weighted by Crippen LogP contribution is 2.24. The molecule has 31 heavy (non-hydrogen) atoms. The van der Waals surface area contributed by atoms with Crippen LogP contribution >= 0.6 is 11.8 Å². The molecule has 0 aliphatic heterocycles. The number of ether oxygens (including phenoxy) is 1. The van der Waals surface area contributed by atoms with Crippen LogP contribution in [0.5, 0.6) is 0 Å². The first-order valence-electron chi connectivity index (χ1n) is 9.89. The van der Waals surface area contributed by atoms with E-state index < -0.39 is 11.2 Å². The zero-order valence-electron chi connectivity index (χ0n) is 17.9. The average molecular weight is 444 g/mol. The Morgan fingerprint density at radius 3 is 2.68 bits per heavy atom. The number of rotatable bonds is 8. The zero-order chi connectivity index (χ0) is 22.5. The van der Waals surface area contributed by atoms with Crippen LogP contribution in [0.3, 0.4) is 0 Å². The smallest absolute Gasteiger partial charge is 0.337 e. The molecule has 1 atom stereocenters. The van der Waals surface area contributed by atoms with Gasteiger partial charge in [0.15, 0.2) is 5.16 Å². The van der Waals surface area contributed by atoms with Crippen molar-refractivity contribution in [2.24, 2.45) is 5.92 Å². The van der Waals surface area contributed by atoms with Gasteiger partial charge in [0.25, 0.3) is 5.56 Å². The first-order chi connectivity index (χ1) is 14.8. The predicted octanol–water partition coefficient (Wildman–Crippen LogP) is 3.08. The van der Waals surface area contributed by atoms with Gasteiger partial charge in [-0.05, 0) is 43.2 Å². The van der Waals surface area contributed by atoms with E-state index in [0.717, 1.165) is 0 Å². The minimum atomic E-state index is -0.515. The summed E-state index contributed by atoms with van der Waals surface area (Å²) in [6, 6.07) is 8.12. The van der Waals surface area contributed by atoms with Gasteiger partial charge in [-0.3, -0.25) is 14.2 Å². The number of carbonyl (C=O) groups is 2. The van der Waals surface area contributed by atoms with Crippen LogP contribution in [0.1, 0.15) is 36.9 Å². The maximum Gasteiger partial charge on any atom is 0.337 e. The minimum absolute atomic E-state index is 0.138. The number of methoxy groups -OCH3 is 1. The molecular formula is C22H25N3O5S. The van der Waals surface area contributed by atoms with E-state index in [1.165, 1.54) is 41.8 Å². The molecule has 0 aliphatic rings. The van der Waals surface area contributed by atoms with Crippen LogP contribution in [-0.4, -0.2) is 40.3 Å². The molecule has 3 aromatic rings. The highest BCUT2D eigenvalue weighted by Gasteiger charge is 2.21. The Morgan fingerprint density at radius 2 is 2.03 bits per heavy atom. The molecule has 0 aliphatic carbocycles. The Balaban J connectivity index is 2.03. The Kier molecular flexibility index (Phi) is 7.17. The maximum atomic E-state index is 13.2. The quantitative estimate of drug-likeness (QED) is 0.324. The first kappa shape index (κ1) is 22.6. The number of thioether (sulfide) groups is 1. The van der Waals surface area contributed by atoms with Crippen molar-refractivity contribution in [2.45, 2.75) is 37.7 Å². The third-order valence-corrected chi connectivity index (χ3v) is 5.66. The summed E-state index contributed by atoms with van der Waals surface area (Å²) >= 11 is 1.18. The number of esters is 1. The van der Waals surface area contributed by atoms with Gasteiger partial charge in [-0.2, -0.15) is 0 Å². The van der Waals surface area contributed by atoms with Crippen LogP contribution in [0.2, 0.25) is 0 Å². The molecule has 2 aromatic heterocycles. The van der Waals surface area contributed by atoms with Crippen molar-refractivity contribution in [1.29, 1.82) is 0 Å². The second-order valence-electron chi connectivity index (χ2n) is 7.49. The molecule has 0 spiro atoms. The predicted molar refractivity (Wildman–Crippen MR) is 118 cm³/mol. The number of carbonyl (C=O) groups excluding carboxylic acids is 2. The van der Waals surface area contributed by atoms with E-state index in [2.05, 4.69) is 10.3 Å². The molecule has 9 heteroatoms. The highest BCUT2D eigenvalue weighted by atomic mass is 32.2. The number of amides is 1. The molecule has 3 rings (SSSR count). The molecule has 1 amide bonds. The molecule has 0 fully saturated rings. The van der Waals surface area contributed by atoms with Crippen LogP contribution in [0.15, 0.2) is 51.0 Å². The molecule has 1 unspecified atom stereocenters. The fraction of sp³-hybridized carbons (Fsp3) is 0.364. The number of furan rings is 1. The van der Waals surface area contributed by atoms with E-state index in [1.807, 2.05) is 13.8 Å². The standard InChI is InChI=1S/C22H25N3O5S/c1-13(2)11-23-19(26)14(3)31-22-24-18-10-15(21(28)29-4)7-8-17(18)20(27)25(22)12-16-6-5-9-30-16/h5-10,13-14H,11-12H2,1-4H3,(H,23,26). The number of nitrogens with zero attached hydrogens (tertiary/aromatic N) is 2. The Bertz CT molecular complexity index is 1140. The van der Waals surface area contributed by atoms with Crippen LogP contribution in [-0.2, 0) is 16.1 Å². The zero-order valence-corrected chi connectivity index (χ0v) is 18.7. The number of nitrogens with one attached hydrogen (secondary N) is 1. The number of benzene rings is 1. The normalized spacial score (nSPS) is 12.2. The van der Waals surface area contributed by atoms with E-state index in [-0.39, 0.29) is 18.0 Å². The molecule has 0 bridgehead atoms. The fourth-order valence-corrected chi connectivity index (χ4v) is 3.83. The van der Waals surface area contributed by atoms with Crippen molar-refractivity contribution < 1.29 is 18.7 Å². The largest absolute Gasteiger partial charge is 0.467 e. The summed E-state index contributed by atoms with van der Waals surface area (Å²) in [5.41, 5.74) is 0.375. The Hall–Kier alpha value is -3.07. The van der Waals surface area contributed by atoms with Crippen molar-refractivity contribution in [1.82, 2.24) is 14.9 Å². The summed E-state index contributed by atoms with van der Waals surface area (Å²) in [6.45, 7) is 6.54. The summed E-state index contributed by atoms with van der Waals surface area (Å²) in [7, 11) is 1.29. The van der Waals surface area contributed by atoms with Crippen molar-refractivity contribution in [2.75, 3.05) is 13.7 Å². The van der Waals surface area contributed by atoms with Gasteiger partial charge in [0.2, 0.25) is 5.91 Å². The van der Waals surface area contributed by atoms with Crippen molar-refractivity contribution in [3.8, 4) is 0 Å². The third-order valence-electron chi connectivity index (χ3n) is 4.57. The first-order valence-corrected chi connectivity index (χ1v) is 10.8. The van der Waals surface area contributed by atoms with Crippen LogP contribution in [0, 0.1) is 5.92 Å². The second-order valence-corrected chi connectivity index (χ2v) is 8.80. The topological polar surface area (TPSA) is 103 Å². The van der Waals surface area contributed by atoms with E-state index in [1.54, 1.807) is 25.1 Å². The van der Waals surface area contributed by atoms with Gasteiger partial charge in [0.1, 0.15) is 5.76 Å². The SMILES string of the molecule is COC(=O)c1ccc2c(=O)n(Cc3ccco3)c(SC(C)C(=O)NCC(C)C)nc2c1. The minimum Gasteiger partial charge on any atom is -0.467 e. The molecule has 1 N–H and O–H groups in total. The van der Waals surface area contributed by atoms with E-state index in [9.17, 15) is 14.4 Å². The van der Waals surface area contributed by atoms with Crippen LogP contribution in [0.4, 0.5) is 0 Å². The van der Waals surface area contributed by atoms with Crippen molar-refractivity contribution in [3.63, 3.8) is 0 Å². The number of hydrogen-bond donors (Lipinski definition) is 1. The van der Waals surface area contributed by atoms with Crippen LogP contribution < -0.4 is 10.9 Å². The Labute approximate surface area is 184 Å². The number of aromatic nitrogens is 2. The summed E-state index contributed by atoms with van der Waals surface area (Å²) in [6.07, 6.45) is 1.53. The van der Waals surface area contributed by atoms with Crippen molar-refractivity contribution >= 4 is 34.5 Å². The number of fused-ring (bicyclic) bond motifs is 1. The lowest BCUT2D eigenvalue weighted by atomic mass is 10.1. The molecule has 0 radical (unpaired) electrons. The molecular weight excluding hydrogens is 418 g/mol. The van der Waals surface area contributed by atoms with Gasteiger partial charge < -0.3 is 14.5 Å². The number of hydrogen-bond acceptors (Lipinski definition) is 7. The lowest BCUT2D eigenvalue weighted by Crippen LogP contribution is -2.34. The highest BCUT2D eigenvalue weighted by molar-refractivity contribution is 8.00. The Morgan fingerprint density at radius 1 is 1.26 bits per heavy atom. The van der Waals surface area contributed by atoms with Gasteiger partial charge >= 0.3 is 5.97 Å². The fourth-order valence-electron chi connectivity index (χ4n) is 2.89. The lowest BCUT2D eigenvalue weighted by Gasteiger charge is -2.16. The van der Waals surface area contributed by atoms with E-state index >= 15 is 0 Å². The van der Waals surface area contributed by atoms with E-state index in [0.29, 0.717) is 39.8 Å². The molecule has 164 valence electrons. The summed E-state index contributed by atoms with van der Waals surface area (Å²) in [5.74, 6) is 0.266. The molecule has 0 saturated heterocycles. The lowest BCUT2D eigenvalue weighted by molar-refractivity contribution is -0.120. The van der Waals surface area contributed by atoms with Gasteiger partial charge in [0.05, 0.1) is 41.6 Å². The monoisotopic (exact) mass is 443 g/mol. The van der Waals surface area contributed by atoms with Crippen molar-refractivity contribution in [3.05, 3.63) is 58.3 Å². The van der Waals surface area contributed by atoms with Gasteiger partial charge in [0, 0.05) is 6.54 Å². The average Bonchev–Trinajstić information content (AvgIpc) is 3.26. The van der Waals surface area contributed by atoms with Gasteiger partial charge in [-0.15, -0.1) is 0 Å². The molecule has 0 saturated carbocycles. The maximum absolute atomic E-state index is 13.2. The van der Waals surface area contributed by atoms with Crippen LogP contribution in [0.25, 0.3) is 10.9 Å². The van der Waals surface area contributed by atoms with E-state index in [4.69, 9.17) is 9.15 Å². The summed E-state index contributed by atoms with van der Waals surface area (Å²) < 4.78 is 11.6. The third kappa shape index (κ3) is 5.35. The van der Waals surface area contributed by atoms with Gasteiger partial charge in [-0.1, -0.05) is 25.6 Å². The van der Waals surface area contributed by atoms with Gasteiger partial charge in [-0.25, -0.2) is 9.78 Å².